The number of nitrogens with one attached hydrogen (secondary N) is 2. The van der Waals surface area contributed by atoms with Gasteiger partial charge in [-0.15, -0.1) is 21.5 Å². The Morgan fingerprint density at radius 1 is 0.844 bits per heavy atom. The van der Waals surface area contributed by atoms with E-state index in [1.54, 1.807) is 23.8 Å². The second kappa shape index (κ2) is 18.6. The van der Waals surface area contributed by atoms with Gasteiger partial charge >= 0.3 is 0 Å². The van der Waals surface area contributed by atoms with Crippen LogP contribution in [0.1, 0.15) is 111 Å². The minimum absolute atomic E-state index is 0.235. The summed E-state index contributed by atoms with van der Waals surface area (Å²) < 4.78 is 14.0. The fourth-order valence-corrected chi connectivity index (χ4v) is 11.5. The fraction of sp³-hybridized carbons (Fsp3) is 0.358. The number of aliphatic imine (C=N–C) groups is 1. The van der Waals surface area contributed by atoms with Crippen LogP contribution in [0.2, 0.25) is 0 Å². The molecule has 1 fully saturated rings. The molecule has 3 atom stereocenters. The van der Waals surface area contributed by atoms with Gasteiger partial charge in [0, 0.05) is 40.7 Å². The monoisotopic (exact) mass is 871 g/mol. The summed E-state index contributed by atoms with van der Waals surface area (Å²) in [4.78, 5) is 11.1. The van der Waals surface area contributed by atoms with Gasteiger partial charge < -0.3 is 24.9 Å². The molecule has 2 aliphatic carbocycles. The number of thiophene rings is 1. The van der Waals surface area contributed by atoms with Crippen LogP contribution in [0.3, 0.4) is 0 Å². The van der Waals surface area contributed by atoms with Gasteiger partial charge in [0.2, 0.25) is 0 Å². The summed E-state index contributed by atoms with van der Waals surface area (Å²) in [6, 6.07) is 34.0. The number of hydrogen-bond acceptors (Lipinski definition) is 10. The highest BCUT2D eigenvalue weighted by atomic mass is 32.1. The standard InChI is InChI=1S/C53H57N7O3S/c1-33-34(2)64-53-49(33)51(57-47(30-48-55-26-28-63-48)52-59-58-35(3)60(52)53)40-13-18-42(19-14-40)56-32-37-11-9-36(10-12-37)31-54-25-27-62-44-21-15-39(16-22-44)50-45(38-7-5-4-6-8-38)23-17-41-29-43(61)20-24-46(41)50/h4-8,13-16,18-22,24,26,28-29,36-37,45,47,50,54,56,61H,9-12,17,23,25,27,30-32H2,1-3H3/t36?,37?,45-,47?,50+/m1/s1. The van der Waals surface area contributed by atoms with Gasteiger partial charge in [-0.1, -0.05) is 60.7 Å². The molecule has 0 spiro atoms. The molecule has 3 aromatic heterocycles. The average molecular weight is 872 g/mol. The summed E-state index contributed by atoms with van der Waals surface area (Å²) >= 11 is 1.77. The Balaban J connectivity index is 0.693. The molecule has 0 saturated heterocycles. The number of aromatic nitrogens is 4. The molecule has 1 saturated carbocycles. The number of rotatable bonds is 14. The van der Waals surface area contributed by atoms with E-state index in [2.05, 4.69) is 129 Å². The minimum Gasteiger partial charge on any atom is -0.508 e. The van der Waals surface area contributed by atoms with E-state index in [9.17, 15) is 5.11 Å². The largest absolute Gasteiger partial charge is 0.508 e. The summed E-state index contributed by atoms with van der Waals surface area (Å²) in [5.74, 6) is 5.53. The summed E-state index contributed by atoms with van der Waals surface area (Å²) in [5.41, 5.74) is 10.8. The van der Waals surface area contributed by atoms with E-state index < -0.39 is 0 Å². The minimum atomic E-state index is -0.284. The molecule has 7 aromatic rings. The smallest absolute Gasteiger partial charge is 0.196 e. The van der Waals surface area contributed by atoms with Crippen molar-refractivity contribution in [3.05, 3.63) is 171 Å². The number of phenols is 1. The van der Waals surface area contributed by atoms with Gasteiger partial charge in [0.05, 0.1) is 18.3 Å². The highest BCUT2D eigenvalue weighted by Crippen LogP contribution is 2.47. The predicted octanol–water partition coefficient (Wildman–Crippen LogP) is 10.8. The van der Waals surface area contributed by atoms with Crippen molar-refractivity contribution in [3.63, 3.8) is 0 Å². The Hall–Kier alpha value is -6.04. The number of nitrogens with zero attached hydrogens (tertiary/aromatic N) is 5. The second-order valence-corrected chi connectivity index (χ2v) is 19.1. The predicted molar refractivity (Wildman–Crippen MR) is 255 cm³/mol. The van der Waals surface area contributed by atoms with Crippen LogP contribution >= 0.6 is 11.3 Å². The zero-order valence-corrected chi connectivity index (χ0v) is 37.8. The molecule has 0 bridgehead atoms. The molecule has 0 radical (unpaired) electrons. The van der Waals surface area contributed by atoms with Crippen molar-refractivity contribution in [3.8, 4) is 16.5 Å². The number of anilines is 1. The lowest BCUT2D eigenvalue weighted by atomic mass is 9.69. The van der Waals surface area contributed by atoms with Crippen molar-refractivity contribution in [1.82, 2.24) is 25.1 Å². The molecule has 1 aliphatic heterocycles. The van der Waals surface area contributed by atoms with Gasteiger partial charge in [0.25, 0.3) is 0 Å². The maximum Gasteiger partial charge on any atom is 0.196 e. The van der Waals surface area contributed by atoms with E-state index in [0.29, 0.717) is 42.4 Å². The maximum atomic E-state index is 10.2. The van der Waals surface area contributed by atoms with Gasteiger partial charge in [-0.2, -0.15) is 0 Å². The van der Waals surface area contributed by atoms with Crippen LogP contribution in [-0.4, -0.2) is 56.8 Å². The molecule has 0 amide bonds. The topological polar surface area (TPSA) is 123 Å². The lowest BCUT2D eigenvalue weighted by molar-refractivity contribution is 0.264. The van der Waals surface area contributed by atoms with Crippen molar-refractivity contribution >= 4 is 22.7 Å². The number of fused-ring (bicyclic) bond motifs is 4. The Morgan fingerprint density at radius 2 is 1.62 bits per heavy atom. The Morgan fingerprint density at radius 3 is 2.39 bits per heavy atom. The summed E-state index contributed by atoms with van der Waals surface area (Å²) in [6.07, 6.45) is 10.8. The first-order valence-electron chi connectivity index (χ1n) is 23.0. The number of benzene rings is 4. The molecule has 11 heteroatoms. The molecule has 64 heavy (non-hydrogen) atoms. The van der Waals surface area contributed by atoms with Crippen LogP contribution in [0, 0.1) is 32.6 Å². The molecule has 328 valence electrons. The molecule has 4 heterocycles. The van der Waals surface area contributed by atoms with Crippen LogP contribution < -0.4 is 15.4 Å². The second-order valence-electron chi connectivity index (χ2n) is 17.9. The van der Waals surface area contributed by atoms with E-state index >= 15 is 0 Å². The van der Waals surface area contributed by atoms with E-state index in [4.69, 9.17) is 14.1 Å². The van der Waals surface area contributed by atoms with Crippen LogP contribution in [0.25, 0.3) is 5.00 Å². The Labute approximate surface area is 379 Å². The van der Waals surface area contributed by atoms with Gasteiger partial charge in [-0.25, -0.2) is 4.98 Å². The number of ether oxygens (including phenoxy) is 1. The van der Waals surface area contributed by atoms with Gasteiger partial charge in [-0.3, -0.25) is 9.56 Å². The molecule has 3 N–H and O–H groups in total. The van der Waals surface area contributed by atoms with Gasteiger partial charge in [-0.05, 0) is 148 Å². The van der Waals surface area contributed by atoms with Crippen LogP contribution in [-0.2, 0) is 12.8 Å². The highest BCUT2D eigenvalue weighted by Gasteiger charge is 2.34. The molecular formula is C53H57N7O3S. The Kier molecular flexibility index (Phi) is 12.2. The number of oxazole rings is 1. The van der Waals surface area contributed by atoms with Crippen molar-refractivity contribution < 1.29 is 14.3 Å². The lowest BCUT2D eigenvalue weighted by Crippen LogP contribution is -2.30. The third kappa shape index (κ3) is 8.75. The van der Waals surface area contributed by atoms with E-state index in [-0.39, 0.29) is 12.0 Å². The highest BCUT2D eigenvalue weighted by molar-refractivity contribution is 7.15. The van der Waals surface area contributed by atoms with Crippen LogP contribution in [0.15, 0.2) is 119 Å². The van der Waals surface area contributed by atoms with Crippen molar-refractivity contribution in [2.24, 2.45) is 16.8 Å². The van der Waals surface area contributed by atoms with Crippen molar-refractivity contribution in [2.75, 3.05) is 31.6 Å². The maximum absolute atomic E-state index is 10.2. The lowest BCUT2D eigenvalue weighted by Gasteiger charge is -2.34. The quantitative estimate of drug-likeness (QED) is 0.0924. The van der Waals surface area contributed by atoms with Gasteiger partial charge in [0.15, 0.2) is 11.7 Å². The summed E-state index contributed by atoms with van der Waals surface area (Å²) in [7, 11) is 0. The number of aromatic hydroxyl groups is 1. The van der Waals surface area contributed by atoms with E-state index in [0.717, 1.165) is 77.4 Å². The first-order chi connectivity index (χ1) is 31.4. The molecule has 10 nitrogen and oxygen atoms in total. The molecule has 4 aromatic carbocycles. The first kappa shape index (κ1) is 41.9. The molecule has 10 rings (SSSR count). The molecule has 1 unspecified atom stereocenters. The fourth-order valence-electron chi connectivity index (χ4n) is 10.3. The third-order valence-corrected chi connectivity index (χ3v) is 15.0. The Bertz CT molecular complexity index is 2700. The number of phenolic OH excluding ortho intramolecular Hbond substituents is 1. The van der Waals surface area contributed by atoms with Crippen molar-refractivity contribution in [2.45, 2.75) is 83.6 Å². The normalized spacial score (nSPS) is 20.4. The molecule has 3 aliphatic rings. The first-order valence-corrected chi connectivity index (χ1v) is 23.8. The molecular weight excluding hydrogens is 815 g/mol. The summed E-state index contributed by atoms with van der Waals surface area (Å²) in [5, 5.41) is 27.8. The van der Waals surface area contributed by atoms with E-state index in [1.807, 2.05) is 19.1 Å². The van der Waals surface area contributed by atoms with E-state index in [1.165, 1.54) is 58.4 Å². The number of hydrogen-bond donors (Lipinski definition) is 3. The number of aryl methyl sites for hydroxylation is 3. The summed E-state index contributed by atoms with van der Waals surface area (Å²) in [6.45, 7) is 9.86. The SMILES string of the molecule is Cc1sc2c(c1C)C(c1ccc(NCC3CCC(CNCCOc4ccc([C@@H]5c6ccc(O)cc6CC[C@@H]5c5ccccc5)cc4)CC3)cc1)=NC(Cc1ncco1)c1nnc(C)n1-2. The van der Waals surface area contributed by atoms with Crippen LogP contribution in [0.4, 0.5) is 5.69 Å². The van der Waals surface area contributed by atoms with Crippen molar-refractivity contribution in [1.29, 1.82) is 0 Å². The van der Waals surface area contributed by atoms with Gasteiger partial charge in [0.1, 0.15) is 41.2 Å². The van der Waals surface area contributed by atoms with Crippen LogP contribution in [0.5, 0.6) is 11.5 Å². The zero-order valence-electron chi connectivity index (χ0n) is 37.0. The zero-order chi connectivity index (χ0) is 43.6. The third-order valence-electron chi connectivity index (χ3n) is 13.8. The average Bonchev–Trinajstić information content (AvgIpc) is 4.04.